The molecular formula is C12H15N3. The molecule has 0 amide bonds. The topological polar surface area (TPSA) is 78.1 Å². The number of hydrogen-bond donors (Lipinski definition) is 3. The molecule has 2 aromatic carbocycles. The number of anilines is 3. The third-order valence-electron chi connectivity index (χ3n) is 1.80. The Morgan fingerprint density at radius 1 is 0.533 bits per heavy atom. The molecular weight excluding hydrogens is 186 g/mol. The zero-order valence-electron chi connectivity index (χ0n) is 8.43. The summed E-state index contributed by atoms with van der Waals surface area (Å²) < 4.78 is 0. The lowest BCUT2D eigenvalue weighted by molar-refractivity contribution is 1.67. The first-order valence-corrected chi connectivity index (χ1v) is 4.60. The van der Waals surface area contributed by atoms with Crippen LogP contribution in [-0.2, 0) is 0 Å². The van der Waals surface area contributed by atoms with Crippen molar-refractivity contribution < 1.29 is 0 Å². The van der Waals surface area contributed by atoms with Crippen LogP contribution in [-0.4, -0.2) is 0 Å². The fourth-order valence-corrected chi connectivity index (χ4v) is 0.964. The molecule has 2 rings (SSSR count). The Morgan fingerprint density at radius 3 is 1.20 bits per heavy atom. The first-order chi connectivity index (χ1) is 7.20. The first-order valence-electron chi connectivity index (χ1n) is 4.60. The van der Waals surface area contributed by atoms with Crippen LogP contribution in [0.3, 0.4) is 0 Å². The van der Waals surface area contributed by atoms with Crippen LogP contribution in [0.25, 0.3) is 0 Å². The molecule has 0 spiro atoms. The van der Waals surface area contributed by atoms with Crippen molar-refractivity contribution in [1.29, 1.82) is 0 Å². The molecule has 0 saturated heterocycles. The summed E-state index contributed by atoms with van der Waals surface area (Å²) in [4.78, 5) is 0. The van der Waals surface area contributed by atoms with E-state index in [0.29, 0.717) is 11.4 Å². The Bertz CT molecular complexity index is 378. The summed E-state index contributed by atoms with van der Waals surface area (Å²) in [5, 5.41) is 0. The van der Waals surface area contributed by atoms with Crippen molar-refractivity contribution in [3.63, 3.8) is 0 Å². The van der Waals surface area contributed by atoms with Crippen LogP contribution in [0, 0.1) is 0 Å². The molecule has 0 fully saturated rings. The van der Waals surface area contributed by atoms with Crippen molar-refractivity contribution in [2.75, 3.05) is 17.2 Å². The molecule has 0 aliphatic heterocycles. The van der Waals surface area contributed by atoms with Gasteiger partial charge in [0.1, 0.15) is 0 Å². The van der Waals surface area contributed by atoms with E-state index in [9.17, 15) is 0 Å². The average molecular weight is 201 g/mol. The minimum absolute atomic E-state index is 0.646. The number of nitrogen functional groups attached to an aromatic ring is 3. The van der Waals surface area contributed by atoms with Gasteiger partial charge in [-0.15, -0.1) is 0 Å². The van der Waals surface area contributed by atoms with Crippen LogP contribution in [0.1, 0.15) is 0 Å². The van der Waals surface area contributed by atoms with E-state index in [1.807, 2.05) is 42.5 Å². The molecule has 0 heterocycles. The maximum atomic E-state index is 5.39. The van der Waals surface area contributed by atoms with E-state index in [2.05, 4.69) is 0 Å². The van der Waals surface area contributed by atoms with Crippen LogP contribution in [0.4, 0.5) is 17.1 Å². The third kappa shape index (κ3) is 4.04. The second kappa shape index (κ2) is 5.54. The Morgan fingerprint density at radius 2 is 0.933 bits per heavy atom. The Labute approximate surface area is 89.5 Å². The molecule has 3 nitrogen and oxygen atoms in total. The maximum absolute atomic E-state index is 5.39. The second-order valence-corrected chi connectivity index (χ2v) is 3.04. The summed E-state index contributed by atoms with van der Waals surface area (Å²) in [5.41, 5.74) is 18.3. The van der Waals surface area contributed by atoms with Crippen molar-refractivity contribution in [3.05, 3.63) is 54.6 Å². The minimum Gasteiger partial charge on any atom is -0.399 e. The number of hydrogen-bond acceptors (Lipinski definition) is 3. The van der Waals surface area contributed by atoms with Gasteiger partial charge in [-0.3, -0.25) is 0 Å². The summed E-state index contributed by atoms with van der Waals surface area (Å²) >= 11 is 0. The highest BCUT2D eigenvalue weighted by atomic mass is 14.7. The van der Waals surface area contributed by atoms with E-state index in [1.165, 1.54) is 0 Å². The molecule has 0 unspecified atom stereocenters. The van der Waals surface area contributed by atoms with Gasteiger partial charge in [0, 0.05) is 5.69 Å². The summed E-state index contributed by atoms with van der Waals surface area (Å²) in [6.45, 7) is 0. The van der Waals surface area contributed by atoms with E-state index < -0.39 is 0 Å². The van der Waals surface area contributed by atoms with Gasteiger partial charge in [-0.05, 0) is 24.3 Å². The van der Waals surface area contributed by atoms with Gasteiger partial charge in [-0.2, -0.15) is 0 Å². The van der Waals surface area contributed by atoms with Gasteiger partial charge >= 0.3 is 0 Å². The van der Waals surface area contributed by atoms with E-state index in [1.54, 1.807) is 12.1 Å². The zero-order valence-corrected chi connectivity index (χ0v) is 8.43. The summed E-state index contributed by atoms with van der Waals surface area (Å²) in [7, 11) is 0. The molecule has 78 valence electrons. The van der Waals surface area contributed by atoms with Gasteiger partial charge in [0.15, 0.2) is 0 Å². The molecule has 0 saturated carbocycles. The third-order valence-corrected chi connectivity index (χ3v) is 1.80. The van der Waals surface area contributed by atoms with Crippen molar-refractivity contribution >= 4 is 17.1 Å². The van der Waals surface area contributed by atoms with E-state index in [0.717, 1.165) is 5.69 Å². The minimum atomic E-state index is 0.646. The molecule has 0 atom stereocenters. The highest BCUT2D eigenvalue weighted by molar-refractivity contribution is 5.62. The van der Waals surface area contributed by atoms with Crippen LogP contribution >= 0.6 is 0 Å². The van der Waals surface area contributed by atoms with Crippen LogP contribution in [0.2, 0.25) is 0 Å². The second-order valence-electron chi connectivity index (χ2n) is 3.04. The van der Waals surface area contributed by atoms with E-state index >= 15 is 0 Å². The Kier molecular flexibility index (Phi) is 4.04. The van der Waals surface area contributed by atoms with Gasteiger partial charge in [0.2, 0.25) is 0 Å². The lowest BCUT2D eigenvalue weighted by Crippen LogP contribution is -1.91. The SMILES string of the molecule is Nc1ccccc1.Nc1ccccc1N. The standard InChI is InChI=1S/C6H8N2.C6H7N/c7-5-3-1-2-4-6(5)8;7-6-4-2-1-3-5-6/h1-4H,7-8H2;1-5H,7H2. The smallest absolute Gasteiger partial charge is 0.0547 e. The molecule has 3 heteroatoms. The van der Waals surface area contributed by atoms with Crippen LogP contribution in [0.15, 0.2) is 54.6 Å². The van der Waals surface area contributed by atoms with Crippen molar-refractivity contribution in [1.82, 2.24) is 0 Å². The Hall–Kier alpha value is -2.16. The van der Waals surface area contributed by atoms with Gasteiger partial charge in [-0.25, -0.2) is 0 Å². The van der Waals surface area contributed by atoms with Gasteiger partial charge in [-0.1, -0.05) is 30.3 Å². The number of benzene rings is 2. The van der Waals surface area contributed by atoms with Gasteiger partial charge < -0.3 is 17.2 Å². The largest absolute Gasteiger partial charge is 0.399 e. The number of nitrogens with two attached hydrogens (primary N) is 3. The highest BCUT2D eigenvalue weighted by Gasteiger charge is 1.85. The lowest BCUT2D eigenvalue weighted by atomic mass is 10.3. The molecule has 0 aromatic heterocycles. The normalized spacial score (nSPS) is 8.80. The van der Waals surface area contributed by atoms with Crippen molar-refractivity contribution in [2.24, 2.45) is 0 Å². The summed E-state index contributed by atoms with van der Waals surface area (Å²) in [6.07, 6.45) is 0. The predicted molar refractivity (Wildman–Crippen MR) is 66.1 cm³/mol. The number of rotatable bonds is 0. The van der Waals surface area contributed by atoms with Crippen molar-refractivity contribution in [2.45, 2.75) is 0 Å². The molecule has 0 radical (unpaired) electrons. The van der Waals surface area contributed by atoms with Gasteiger partial charge in [0.05, 0.1) is 11.4 Å². The summed E-state index contributed by atoms with van der Waals surface area (Å²) in [5.74, 6) is 0. The highest BCUT2D eigenvalue weighted by Crippen LogP contribution is 2.10. The fourth-order valence-electron chi connectivity index (χ4n) is 0.964. The Balaban J connectivity index is 0.000000151. The molecule has 0 aliphatic carbocycles. The maximum Gasteiger partial charge on any atom is 0.0547 e. The predicted octanol–water partition coefficient (Wildman–Crippen LogP) is 2.12. The van der Waals surface area contributed by atoms with E-state index in [4.69, 9.17) is 17.2 Å². The zero-order chi connectivity index (χ0) is 11.1. The fraction of sp³-hybridized carbons (Fsp3) is 0. The number of para-hydroxylation sites is 3. The van der Waals surface area contributed by atoms with Crippen LogP contribution in [0.5, 0.6) is 0 Å². The molecule has 15 heavy (non-hydrogen) atoms. The van der Waals surface area contributed by atoms with Crippen LogP contribution < -0.4 is 17.2 Å². The molecule has 0 aliphatic rings. The summed E-state index contributed by atoms with van der Waals surface area (Å²) in [6, 6.07) is 16.7. The lowest BCUT2D eigenvalue weighted by Gasteiger charge is -1.94. The van der Waals surface area contributed by atoms with E-state index in [-0.39, 0.29) is 0 Å². The quantitative estimate of drug-likeness (QED) is 0.571. The molecule has 0 bridgehead atoms. The molecule has 6 N–H and O–H groups in total. The average Bonchev–Trinajstić information content (AvgIpc) is 2.25. The molecule has 2 aromatic rings. The monoisotopic (exact) mass is 201 g/mol. The van der Waals surface area contributed by atoms with Gasteiger partial charge in [0.25, 0.3) is 0 Å². The first kappa shape index (κ1) is 10.9. The van der Waals surface area contributed by atoms with Crippen molar-refractivity contribution in [3.8, 4) is 0 Å².